The molecule has 7 nitrogen and oxygen atoms in total. The summed E-state index contributed by atoms with van der Waals surface area (Å²) in [6, 6.07) is 6.93. The molecule has 3 heterocycles. The lowest BCUT2D eigenvalue weighted by atomic mass is 10.3. The van der Waals surface area contributed by atoms with Crippen LogP contribution in [0.1, 0.15) is 30.4 Å². The largest absolute Gasteiger partial charge is 0.360 e. The Labute approximate surface area is 154 Å². The molecule has 8 heteroatoms. The fraction of sp³-hybridized carbons (Fsp3) is 0.333. The number of pyridine rings is 1. The molecule has 0 aliphatic carbocycles. The zero-order chi connectivity index (χ0) is 18.7. The van der Waals surface area contributed by atoms with Crippen LogP contribution in [-0.4, -0.2) is 25.7 Å². The summed E-state index contributed by atoms with van der Waals surface area (Å²) in [6.07, 6.45) is 2.42. The normalized spacial score (nSPS) is 12.3. The van der Waals surface area contributed by atoms with Gasteiger partial charge < -0.3 is 9.84 Å². The fourth-order valence-electron chi connectivity index (χ4n) is 2.53. The van der Waals surface area contributed by atoms with Crippen LogP contribution < -0.4 is 10.9 Å². The second-order valence-corrected chi connectivity index (χ2v) is 7.23. The number of nitrogens with zero attached hydrogens (tertiary/aromatic N) is 3. The van der Waals surface area contributed by atoms with E-state index >= 15 is 0 Å². The minimum Gasteiger partial charge on any atom is -0.360 e. The van der Waals surface area contributed by atoms with Crippen LogP contribution in [0, 0.1) is 13.8 Å². The Morgan fingerprint density at radius 3 is 2.85 bits per heavy atom. The maximum Gasteiger partial charge on any atom is 0.258 e. The number of amides is 1. The van der Waals surface area contributed by atoms with E-state index in [2.05, 4.69) is 15.5 Å². The molecule has 1 atom stereocenters. The Morgan fingerprint density at radius 1 is 1.35 bits per heavy atom. The van der Waals surface area contributed by atoms with Crippen molar-refractivity contribution in [2.45, 2.75) is 38.2 Å². The van der Waals surface area contributed by atoms with Gasteiger partial charge in [-0.3, -0.25) is 14.0 Å². The lowest BCUT2D eigenvalue weighted by Gasteiger charge is -2.13. The SMILES string of the molecule is CCC(SCc1cc(=O)n2cc(C)ccc2n1)C(=O)Nc1cc(C)on1. The van der Waals surface area contributed by atoms with E-state index in [1.165, 1.54) is 22.2 Å². The maximum atomic E-state index is 12.4. The van der Waals surface area contributed by atoms with Crippen molar-refractivity contribution in [1.82, 2.24) is 14.5 Å². The lowest BCUT2D eigenvalue weighted by molar-refractivity contribution is -0.115. The number of anilines is 1. The number of hydrogen-bond acceptors (Lipinski definition) is 6. The molecule has 136 valence electrons. The number of hydrogen-bond donors (Lipinski definition) is 1. The quantitative estimate of drug-likeness (QED) is 0.715. The molecule has 0 radical (unpaired) electrons. The van der Waals surface area contributed by atoms with Crippen molar-refractivity contribution in [2.24, 2.45) is 0 Å². The van der Waals surface area contributed by atoms with E-state index in [0.717, 1.165) is 5.56 Å². The van der Waals surface area contributed by atoms with Crippen LogP contribution in [0.25, 0.3) is 5.65 Å². The molecular weight excluding hydrogens is 352 g/mol. The summed E-state index contributed by atoms with van der Waals surface area (Å²) in [5, 5.41) is 6.24. The van der Waals surface area contributed by atoms with Crippen LogP contribution in [0.5, 0.6) is 0 Å². The van der Waals surface area contributed by atoms with Gasteiger partial charge in [0.25, 0.3) is 5.56 Å². The zero-order valence-corrected chi connectivity index (χ0v) is 15.7. The topological polar surface area (TPSA) is 89.5 Å². The zero-order valence-electron chi connectivity index (χ0n) is 14.9. The van der Waals surface area contributed by atoms with Gasteiger partial charge in [-0.05, 0) is 31.9 Å². The molecule has 0 spiro atoms. The summed E-state index contributed by atoms with van der Waals surface area (Å²) in [4.78, 5) is 29.2. The molecule has 0 saturated carbocycles. The second-order valence-electron chi connectivity index (χ2n) is 6.04. The van der Waals surface area contributed by atoms with E-state index in [9.17, 15) is 9.59 Å². The smallest absolute Gasteiger partial charge is 0.258 e. The summed E-state index contributed by atoms with van der Waals surface area (Å²) in [7, 11) is 0. The third-order valence-electron chi connectivity index (χ3n) is 3.84. The van der Waals surface area contributed by atoms with Crippen LogP contribution in [0.3, 0.4) is 0 Å². The van der Waals surface area contributed by atoms with Crippen molar-refractivity contribution < 1.29 is 9.32 Å². The van der Waals surface area contributed by atoms with Gasteiger partial charge in [0.2, 0.25) is 5.91 Å². The predicted molar refractivity (Wildman–Crippen MR) is 101 cm³/mol. The predicted octanol–water partition coefficient (Wildman–Crippen LogP) is 2.95. The number of rotatable bonds is 6. The Bertz CT molecular complexity index is 996. The molecule has 3 rings (SSSR count). The Morgan fingerprint density at radius 2 is 2.15 bits per heavy atom. The summed E-state index contributed by atoms with van der Waals surface area (Å²) < 4.78 is 6.48. The first-order valence-electron chi connectivity index (χ1n) is 8.31. The summed E-state index contributed by atoms with van der Waals surface area (Å²) >= 11 is 1.45. The van der Waals surface area contributed by atoms with Gasteiger partial charge in [-0.2, -0.15) is 0 Å². The first-order chi connectivity index (χ1) is 12.5. The van der Waals surface area contributed by atoms with Crippen molar-refractivity contribution in [3.05, 3.63) is 57.8 Å². The first-order valence-corrected chi connectivity index (χ1v) is 9.36. The van der Waals surface area contributed by atoms with E-state index in [4.69, 9.17) is 4.52 Å². The number of fused-ring (bicyclic) bond motifs is 1. The highest BCUT2D eigenvalue weighted by Gasteiger charge is 2.19. The second kappa shape index (κ2) is 7.74. The van der Waals surface area contributed by atoms with Crippen LogP contribution in [0.2, 0.25) is 0 Å². The highest BCUT2D eigenvalue weighted by atomic mass is 32.2. The molecule has 0 aromatic carbocycles. The number of aryl methyl sites for hydroxylation is 2. The fourth-order valence-corrected chi connectivity index (χ4v) is 3.49. The van der Waals surface area contributed by atoms with Crippen molar-refractivity contribution in [2.75, 3.05) is 5.32 Å². The van der Waals surface area contributed by atoms with Gasteiger partial charge in [0.05, 0.1) is 10.9 Å². The molecule has 3 aromatic rings. The van der Waals surface area contributed by atoms with Crippen molar-refractivity contribution in [3.63, 3.8) is 0 Å². The molecule has 1 N–H and O–H groups in total. The third kappa shape index (κ3) is 4.13. The minimum absolute atomic E-state index is 0.120. The lowest BCUT2D eigenvalue weighted by Crippen LogP contribution is -2.25. The third-order valence-corrected chi connectivity index (χ3v) is 5.25. The van der Waals surface area contributed by atoms with E-state index in [1.54, 1.807) is 19.2 Å². The van der Waals surface area contributed by atoms with Gasteiger partial charge in [0.1, 0.15) is 11.4 Å². The molecular formula is C18H20N4O3S. The van der Waals surface area contributed by atoms with Crippen molar-refractivity contribution >= 4 is 29.1 Å². The summed E-state index contributed by atoms with van der Waals surface area (Å²) in [5.41, 5.74) is 2.14. The highest BCUT2D eigenvalue weighted by Crippen LogP contribution is 2.21. The van der Waals surface area contributed by atoms with Gasteiger partial charge in [0, 0.05) is 24.1 Å². The molecule has 0 fully saturated rings. The summed E-state index contributed by atoms with van der Waals surface area (Å²) in [5.74, 6) is 1.38. The van der Waals surface area contributed by atoms with E-state index in [0.29, 0.717) is 35.1 Å². The molecule has 0 aliphatic rings. The Kier molecular flexibility index (Phi) is 5.41. The van der Waals surface area contributed by atoms with Gasteiger partial charge in [-0.25, -0.2) is 4.98 Å². The molecule has 26 heavy (non-hydrogen) atoms. The van der Waals surface area contributed by atoms with Gasteiger partial charge in [0.15, 0.2) is 5.82 Å². The standard InChI is InChI=1S/C18H20N4O3S/c1-4-14(18(24)20-15-7-12(3)25-21-15)26-10-13-8-17(23)22-9-11(2)5-6-16(22)19-13/h5-9,14H,4,10H2,1-3H3,(H,20,21,24). The van der Waals surface area contributed by atoms with Crippen molar-refractivity contribution in [1.29, 1.82) is 0 Å². The van der Waals surface area contributed by atoms with Crippen LogP contribution >= 0.6 is 11.8 Å². The number of aromatic nitrogens is 3. The first kappa shape index (κ1) is 18.2. The number of thioether (sulfide) groups is 1. The maximum absolute atomic E-state index is 12.4. The number of carbonyl (C=O) groups is 1. The summed E-state index contributed by atoms with van der Waals surface area (Å²) in [6.45, 7) is 5.63. The molecule has 1 amide bonds. The Balaban J connectivity index is 1.70. The van der Waals surface area contributed by atoms with Gasteiger partial charge in [-0.15, -0.1) is 11.8 Å². The molecule has 3 aromatic heterocycles. The van der Waals surface area contributed by atoms with E-state index in [1.807, 2.05) is 26.0 Å². The molecule has 0 bridgehead atoms. The highest BCUT2D eigenvalue weighted by molar-refractivity contribution is 7.99. The van der Waals surface area contributed by atoms with Crippen LogP contribution in [-0.2, 0) is 10.5 Å². The molecule has 0 aliphatic heterocycles. The Hall–Kier alpha value is -2.61. The van der Waals surface area contributed by atoms with Crippen molar-refractivity contribution in [3.8, 4) is 0 Å². The monoisotopic (exact) mass is 372 g/mol. The molecule has 1 unspecified atom stereocenters. The number of nitrogens with one attached hydrogen (secondary N) is 1. The average Bonchev–Trinajstić information content (AvgIpc) is 3.01. The average molecular weight is 372 g/mol. The minimum atomic E-state index is -0.273. The van der Waals surface area contributed by atoms with Crippen LogP contribution in [0.15, 0.2) is 39.8 Å². The van der Waals surface area contributed by atoms with Gasteiger partial charge >= 0.3 is 0 Å². The van der Waals surface area contributed by atoms with E-state index in [-0.39, 0.29) is 16.7 Å². The van der Waals surface area contributed by atoms with E-state index < -0.39 is 0 Å². The molecule has 0 saturated heterocycles. The number of carbonyl (C=O) groups excluding carboxylic acids is 1. The van der Waals surface area contributed by atoms with Crippen LogP contribution in [0.4, 0.5) is 5.82 Å². The van der Waals surface area contributed by atoms with Gasteiger partial charge in [-0.1, -0.05) is 18.1 Å².